The van der Waals surface area contributed by atoms with E-state index in [9.17, 15) is 4.79 Å². The van der Waals surface area contributed by atoms with Gasteiger partial charge in [-0.05, 0) is 43.3 Å². The number of carbonyl (C=O) groups excluding carboxylic acids is 1. The van der Waals surface area contributed by atoms with Crippen molar-refractivity contribution in [1.29, 1.82) is 0 Å². The zero-order chi connectivity index (χ0) is 15.4. The lowest BCUT2D eigenvalue weighted by Gasteiger charge is -2.32. The van der Waals surface area contributed by atoms with Crippen molar-refractivity contribution in [1.82, 2.24) is 4.90 Å². The number of benzene rings is 1. The summed E-state index contributed by atoms with van der Waals surface area (Å²) in [5, 5.41) is 4.84. The first kappa shape index (κ1) is 16.3. The van der Waals surface area contributed by atoms with Crippen molar-refractivity contribution in [3.63, 3.8) is 0 Å². The molecule has 0 bridgehead atoms. The number of nitrogens with one attached hydrogen (secondary N) is 1. The normalized spacial score (nSPS) is 15.7. The first-order valence-electron chi connectivity index (χ1n) is 6.59. The van der Waals surface area contributed by atoms with Gasteiger partial charge >= 0.3 is 5.97 Å². The van der Waals surface area contributed by atoms with Gasteiger partial charge in [-0.1, -0.05) is 23.2 Å². The van der Waals surface area contributed by atoms with E-state index in [0.717, 1.165) is 31.6 Å². The van der Waals surface area contributed by atoms with E-state index >= 15 is 0 Å². The molecule has 0 aromatic heterocycles. The number of carbonyl (C=O) groups is 1. The molecule has 1 saturated heterocycles. The van der Waals surface area contributed by atoms with Crippen LogP contribution in [0, 0.1) is 5.92 Å². The Morgan fingerprint density at radius 3 is 2.38 bits per heavy atom. The zero-order valence-electron chi connectivity index (χ0n) is 11.6. The smallest absolute Gasteiger partial charge is 0.308 e. The lowest BCUT2D eigenvalue weighted by Crippen LogP contribution is -2.42. The van der Waals surface area contributed by atoms with Crippen molar-refractivity contribution in [2.75, 3.05) is 25.5 Å². The number of anilines is 1. The van der Waals surface area contributed by atoms with E-state index in [-0.39, 0.29) is 11.9 Å². The topological polar surface area (TPSA) is 41.6 Å². The molecular formula is C14H16Cl2N2O2S. The minimum atomic E-state index is -0.143. The number of thiocarbonyl (C=S) groups is 1. The fourth-order valence-corrected chi connectivity index (χ4v) is 3.14. The summed E-state index contributed by atoms with van der Waals surface area (Å²) in [5.74, 6) is -0.176. The monoisotopic (exact) mass is 346 g/mol. The van der Waals surface area contributed by atoms with Crippen LogP contribution in [-0.4, -0.2) is 36.2 Å². The van der Waals surface area contributed by atoms with Crippen LogP contribution in [-0.2, 0) is 9.53 Å². The molecule has 0 amide bonds. The van der Waals surface area contributed by atoms with Crippen LogP contribution in [0.1, 0.15) is 12.8 Å². The Hall–Kier alpha value is -1.04. The molecule has 1 aliphatic rings. The number of ether oxygens (including phenoxy) is 1. The quantitative estimate of drug-likeness (QED) is 0.654. The number of halogens is 2. The van der Waals surface area contributed by atoms with Gasteiger partial charge < -0.3 is 15.0 Å². The van der Waals surface area contributed by atoms with Gasteiger partial charge in [0.05, 0.1) is 13.0 Å². The standard InChI is InChI=1S/C14H16Cl2N2O2S/c1-20-13(19)9-2-4-18(5-3-9)14(21)17-12-7-10(15)6-11(16)8-12/h6-9H,2-5H2,1H3,(H,17,21). The predicted molar refractivity (Wildman–Crippen MR) is 89.0 cm³/mol. The van der Waals surface area contributed by atoms with Gasteiger partial charge in [-0.3, -0.25) is 4.79 Å². The maximum Gasteiger partial charge on any atom is 0.308 e. The van der Waals surface area contributed by atoms with Gasteiger partial charge in [0, 0.05) is 28.8 Å². The molecule has 0 aliphatic carbocycles. The number of rotatable bonds is 2. The van der Waals surface area contributed by atoms with E-state index in [4.69, 9.17) is 40.2 Å². The van der Waals surface area contributed by atoms with Gasteiger partial charge in [0.1, 0.15) is 0 Å². The van der Waals surface area contributed by atoms with Crippen LogP contribution < -0.4 is 5.32 Å². The lowest BCUT2D eigenvalue weighted by molar-refractivity contribution is -0.146. The number of methoxy groups -OCH3 is 1. The first-order chi connectivity index (χ1) is 9.99. The fraction of sp³-hybridized carbons (Fsp3) is 0.429. The number of nitrogens with zero attached hydrogens (tertiary/aromatic N) is 1. The minimum absolute atomic E-state index is 0.0327. The van der Waals surface area contributed by atoms with E-state index < -0.39 is 0 Å². The molecule has 4 nitrogen and oxygen atoms in total. The molecule has 21 heavy (non-hydrogen) atoms. The summed E-state index contributed by atoms with van der Waals surface area (Å²) < 4.78 is 4.77. The Morgan fingerprint density at radius 1 is 1.29 bits per heavy atom. The SMILES string of the molecule is COC(=O)C1CCN(C(=S)Nc2cc(Cl)cc(Cl)c2)CC1. The Labute approximate surface area is 139 Å². The van der Waals surface area contributed by atoms with Crippen molar-refractivity contribution in [2.24, 2.45) is 5.92 Å². The molecule has 1 aromatic carbocycles. The predicted octanol–water partition coefficient (Wildman–Crippen LogP) is 3.58. The molecule has 114 valence electrons. The number of hydrogen-bond donors (Lipinski definition) is 1. The summed E-state index contributed by atoms with van der Waals surface area (Å²) in [6.45, 7) is 1.44. The van der Waals surface area contributed by atoms with Crippen LogP contribution in [0.2, 0.25) is 10.0 Å². The highest BCUT2D eigenvalue weighted by Gasteiger charge is 2.26. The number of piperidine rings is 1. The van der Waals surface area contributed by atoms with Crippen molar-refractivity contribution >= 4 is 52.2 Å². The Balaban J connectivity index is 1.91. The van der Waals surface area contributed by atoms with E-state index in [0.29, 0.717) is 15.2 Å². The van der Waals surface area contributed by atoms with Crippen LogP contribution in [0.25, 0.3) is 0 Å². The van der Waals surface area contributed by atoms with Gasteiger partial charge in [-0.15, -0.1) is 0 Å². The molecular weight excluding hydrogens is 331 g/mol. The Morgan fingerprint density at radius 2 is 1.86 bits per heavy atom. The van der Waals surface area contributed by atoms with Crippen molar-refractivity contribution in [3.05, 3.63) is 28.2 Å². The average molecular weight is 347 g/mol. The summed E-state index contributed by atoms with van der Waals surface area (Å²) in [7, 11) is 1.42. The molecule has 1 fully saturated rings. The maximum absolute atomic E-state index is 11.5. The highest BCUT2D eigenvalue weighted by Crippen LogP contribution is 2.24. The van der Waals surface area contributed by atoms with Crippen molar-refractivity contribution in [3.8, 4) is 0 Å². The van der Waals surface area contributed by atoms with E-state index in [2.05, 4.69) is 5.32 Å². The highest BCUT2D eigenvalue weighted by molar-refractivity contribution is 7.80. The molecule has 0 atom stereocenters. The molecule has 7 heteroatoms. The zero-order valence-corrected chi connectivity index (χ0v) is 13.9. The second kappa shape index (κ2) is 7.29. The van der Waals surface area contributed by atoms with Gasteiger partial charge in [0.25, 0.3) is 0 Å². The van der Waals surface area contributed by atoms with Crippen LogP contribution in [0.4, 0.5) is 5.69 Å². The second-order valence-corrected chi connectivity index (χ2v) is 6.13. The summed E-state index contributed by atoms with van der Waals surface area (Å²) in [5.41, 5.74) is 0.757. The van der Waals surface area contributed by atoms with Crippen LogP contribution >= 0.6 is 35.4 Å². The van der Waals surface area contributed by atoms with E-state index in [1.54, 1.807) is 18.2 Å². The lowest BCUT2D eigenvalue weighted by atomic mass is 9.97. The third-order valence-electron chi connectivity index (χ3n) is 3.43. The van der Waals surface area contributed by atoms with Crippen LogP contribution in [0.15, 0.2) is 18.2 Å². The number of esters is 1. The summed E-state index contributed by atoms with van der Waals surface area (Å²) >= 11 is 17.3. The first-order valence-corrected chi connectivity index (χ1v) is 7.76. The van der Waals surface area contributed by atoms with Crippen LogP contribution in [0.5, 0.6) is 0 Å². The Bertz CT molecular complexity index is 526. The minimum Gasteiger partial charge on any atom is -0.469 e. The molecule has 1 aliphatic heterocycles. The molecule has 0 spiro atoms. The van der Waals surface area contributed by atoms with Gasteiger partial charge in [0.15, 0.2) is 5.11 Å². The van der Waals surface area contributed by atoms with E-state index in [1.165, 1.54) is 7.11 Å². The molecule has 0 radical (unpaired) electrons. The van der Waals surface area contributed by atoms with Crippen LogP contribution in [0.3, 0.4) is 0 Å². The molecule has 2 rings (SSSR count). The fourth-order valence-electron chi connectivity index (χ4n) is 2.31. The maximum atomic E-state index is 11.5. The van der Waals surface area contributed by atoms with Gasteiger partial charge in [-0.2, -0.15) is 0 Å². The third kappa shape index (κ3) is 4.46. The van der Waals surface area contributed by atoms with Crippen molar-refractivity contribution in [2.45, 2.75) is 12.8 Å². The highest BCUT2D eigenvalue weighted by atomic mass is 35.5. The Kier molecular flexibility index (Phi) is 5.67. The average Bonchev–Trinajstić information content (AvgIpc) is 2.45. The van der Waals surface area contributed by atoms with Crippen molar-refractivity contribution < 1.29 is 9.53 Å². The van der Waals surface area contributed by atoms with Gasteiger partial charge in [0.2, 0.25) is 0 Å². The molecule has 0 saturated carbocycles. The molecule has 0 unspecified atom stereocenters. The number of likely N-dealkylation sites (tertiary alicyclic amines) is 1. The number of hydrogen-bond acceptors (Lipinski definition) is 3. The summed E-state index contributed by atoms with van der Waals surface area (Å²) in [6, 6.07) is 5.20. The van der Waals surface area contributed by atoms with Gasteiger partial charge in [-0.25, -0.2) is 0 Å². The summed E-state index contributed by atoms with van der Waals surface area (Å²) in [6.07, 6.45) is 1.48. The third-order valence-corrected chi connectivity index (χ3v) is 4.23. The molecule has 1 aromatic rings. The second-order valence-electron chi connectivity index (χ2n) is 4.87. The molecule has 1 heterocycles. The largest absolute Gasteiger partial charge is 0.469 e. The molecule has 1 N–H and O–H groups in total. The van der Waals surface area contributed by atoms with E-state index in [1.807, 2.05) is 4.90 Å². The summed E-state index contributed by atoms with van der Waals surface area (Å²) in [4.78, 5) is 13.5.